The Bertz CT molecular complexity index is 1010. The highest BCUT2D eigenvalue weighted by Gasteiger charge is 2.43. The normalized spacial score (nSPS) is 21.3. The highest BCUT2D eigenvalue weighted by molar-refractivity contribution is 6.41. The van der Waals surface area contributed by atoms with Gasteiger partial charge in [-0.05, 0) is 42.7 Å². The highest BCUT2D eigenvalue weighted by Crippen LogP contribution is 2.42. The number of nitrogens with one attached hydrogen (secondary N) is 1. The molecule has 0 aliphatic carbocycles. The fourth-order valence-electron chi connectivity index (χ4n) is 4.03. The zero-order valence-corrected chi connectivity index (χ0v) is 18.0. The van der Waals surface area contributed by atoms with Gasteiger partial charge >= 0.3 is 0 Å². The van der Waals surface area contributed by atoms with Gasteiger partial charge in [-0.3, -0.25) is 15.2 Å². The molecular formula is C23H24ClN5O2. The van der Waals surface area contributed by atoms with Crippen molar-refractivity contribution in [3.05, 3.63) is 59.1 Å². The largest absolute Gasteiger partial charge is 0.497 e. The third-order valence-electron chi connectivity index (χ3n) is 5.63. The van der Waals surface area contributed by atoms with Gasteiger partial charge in [0.15, 0.2) is 0 Å². The summed E-state index contributed by atoms with van der Waals surface area (Å²) in [5.74, 6) is -0.389. The molecule has 2 aromatic carbocycles. The monoisotopic (exact) mass is 437 g/mol. The Kier molecular flexibility index (Phi) is 6.40. The van der Waals surface area contributed by atoms with E-state index in [2.05, 4.69) is 16.6 Å². The number of hydrazine groups is 1. The second kappa shape index (κ2) is 9.38. The van der Waals surface area contributed by atoms with Crippen molar-refractivity contribution in [3.8, 4) is 11.8 Å². The Morgan fingerprint density at radius 1 is 1.16 bits per heavy atom. The Hall–Kier alpha value is -3.08. The number of para-hydroxylation sites is 1. The maximum Gasteiger partial charge on any atom is 0.283 e. The van der Waals surface area contributed by atoms with Crippen molar-refractivity contribution in [2.75, 3.05) is 25.2 Å². The molecular weight excluding hydrogens is 414 g/mol. The number of nitrogens with zero attached hydrogens (tertiary/aromatic N) is 4. The van der Waals surface area contributed by atoms with Crippen LogP contribution in [0.15, 0.2) is 53.6 Å². The first-order valence-electron chi connectivity index (χ1n) is 10.3. The van der Waals surface area contributed by atoms with Gasteiger partial charge in [-0.1, -0.05) is 42.3 Å². The molecule has 4 rings (SSSR count). The number of carbonyl (C=O) groups excluding carboxylic acids is 1. The zero-order valence-electron chi connectivity index (χ0n) is 17.3. The molecule has 1 N–H and O–H groups in total. The molecule has 2 atom stereocenters. The van der Waals surface area contributed by atoms with Crippen LogP contribution in [0.2, 0.25) is 5.02 Å². The standard InChI is InChI=1S/C23H24ClN5O2/c1-31-17-11-9-16(10-12-17)22-18(15-25)21(23(30)27-28-13-5-2-6-14-28)26-29(22)20-8-4-3-7-19(20)24/h3-4,7-12,18,22H,2,5-6,13-14H2,1H3,(H,27,30)/t18-,22-/m1/s1. The molecule has 0 radical (unpaired) electrons. The summed E-state index contributed by atoms with van der Waals surface area (Å²) in [4.78, 5) is 13.1. The van der Waals surface area contributed by atoms with Gasteiger partial charge in [0, 0.05) is 13.1 Å². The van der Waals surface area contributed by atoms with Crippen LogP contribution in [0.5, 0.6) is 5.75 Å². The molecule has 2 aromatic rings. The third-order valence-corrected chi connectivity index (χ3v) is 5.95. The number of methoxy groups -OCH3 is 1. The van der Waals surface area contributed by atoms with E-state index in [9.17, 15) is 10.1 Å². The lowest BCUT2D eigenvalue weighted by molar-refractivity contribution is -0.119. The number of hydrazone groups is 1. The number of nitriles is 1. The van der Waals surface area contributed by atoms with Gasteiger partial charge < -0.3 is 4.74 Å². The van der Waals surface area contributed by atoms with E-state index >= 15 is 0 Å². The van der Waals surface area contributed by atoms with Crippen molar-refractivity contribution in [2.24, 2.45) is 11.0 Å². The summed E-state index contributed by atoms with van der Waals surface area (Å²) in [6.07, 6.45) is 3.23. The highest BCUT2D eigenvalue weighted by atomic mass is 35.5. The SMILES string of the molecule is COc1ccc([C@@H]2[C@H](C#N)C(C(=O)NN3CCCCC3)=NN2c2ccccc2Cl)cc1. The summed E-state index contributed by atoms with van der Waals surface area (Å²) in [6, 6.07) is 16.6. The molecule has 2 aliphatic rings. The number of carbonyl (C=O) groups is 1. The number of piperidine rings is 1. The minimum Gasteiger partial charge on any atom is -0.497 e. The van der Waals surface area contributed by atoms with Crippen LogP contribution in [0.25, 0.3) is 0 Å². The minimum atomic E-state index is -0.755. The Labute approximate surface area is 186 Å². The Balaban J connectivity index is 1.71. The van der Waals surface area contributed by atoms with Gasteiger partial charge in [0.05, 0.1) is 29.9 Å². The average Bonchev–Trinajstić information content (AvgIpc) is 3.19. The molecule has 7 nitrogen and oxygen atoms in total. The average molecular weight is 438 g/mol. The van der Waals surface area contributed by atoms with Crippen molar-refractivity contribution in [3.63, 3.8) is 0 Å². The number of benzene rings is 2. The van der Waals surface area contributed by atoms with Gasteiger partial charge in [0.1, 0.15) is 17.4 Å². The van der Waals surface area contributed by atoms with Crippen molar-refractivity contribution in [1.82, 2.24) is 10.4 Å². The van der Waals surface area contributed by atoms with E-state index in [-0.39, 0.29) is 11.6 Å². The van der Waals surface area contributed by atoms with E-state index in [1.165, 1.54) is 0 Å². The van der Waals surface area contributed by atoms with Gasteiger partial charge in [-0.15, -0.1) is 0 Å². The predicted molar refractivity (Wildman–Crippen MR) is 120 cm³/mol. The smallest absolute Gasteiger partial charge is 0.283 e. The lowest BCUT2D eigenvalue weighted by Crippen LogP contribution is -2.48. The molecule has 0 aromatic heterocycles. The lowest BCUT2D eigenvalue weighted by Gasteiger charge is -2.27. The van der Waals surface area contributed by atoms with Crippen LogP contribution in [0.4, 0.5) is 5.69 Å². The summed E-state index contributed by atoms with van der Waals surface area (Å²) >= 11 is 6.46. The Morgan fingerprint density at radius 2 is 1.87 bits per heavy atom. The summed E-state index contributed by atoms with van der Waals surface area (Å²) in [5.41, 5.74) is 4.61. The first-order chi connectivity index (χ1) is 15.1. The molecule has 0 bridgehead atoms. The molecule has 31 heavy (non-hydrogen) atoms. The quantitative estimate of drug-likeness (QED) is 0.766. The van der Waals surface area contributed by atoms with Crippen LogP contribution >= 0.6 is 11.6 Å². The number of halogens is 1. The molecule has 1 fully saturated rings. The van der Waals surface area contributed by atoms with Gasteiger partial charge in [0.2, 0.25) is 0 Å². The third kappa shape index (κ3) is 4.36. The van der Waals surface area contributed by atoms with Crippen LogP contribution in [-0.4, -0.2) is 36.8 Å². The van der Waals surface area contributed by atoms with Crippen molar-refractivity contribution >= 4 is 28.9 Å². The number of hydrogen-bond donors (Lipinski definition) is 1. The van der Waals surface area contributed by atoms with E-state index in [0.717, 1.165) is 37.9 Å². The van der Waals surface area contributed by atoms with Gasteiger partial charge in [-0.2, -0.15) is 10.4 Å². The topological polar surface area (TPSA) is 81.0 Å². The number of rotatable bonds is 5. The van der Waals surface area contributed by atoms with E-state index in [1.807, 2.05) is 47.5 Å². The molecule has 0 unspecified atom stereocenters. The lowest BCUT2D eigenvalue weighted by atomic mass is 9.90. The fourth-order valence-corrected chi connectivity index (χ4v) is 4.25. The second-order valence-corrected chi connectivity index (χ2v) is 8.00. The molecule has 2 aliphatic heterocycles. The molecule has 1 saturated heterocycles. The summed E-state index contributed by atoms with van der Waals surface area (Å²) in [6.45, 7) is 1.60. The summed E-state index contributed by atoms with van der Waals surface area (Å²) in [7, 11) is 1.60. The van der Waals surface area contributed by atoms with Crippen LogP contribution in [0.3, 0.4) is 0 Å². The van der Waals surface area contributed by atoms with Gasteiger partial charge in [0.25, 0.3) is 5.91 Å². The van der Waals surface area contributed by atoms with Crippen molar-refractivity contribution in [1.29, 1.82) is 5.26 Å². The fraction of sp³-hybridized carbons (Fsp3) is 0.348. The zero-order chi connectivity index (χ0) is 21.8. The maximum absolute atomic E-state index is 13.1. The van der Waals surface area contributed by atoms with E-state index in [1.54, 1.807) is 18.2 Å². The Morgan fingerprint density at radius 3 is 2.52 bits per heavy atom. The van der Waals surface area contributed by atoms with Crippen LogP contribution in [-0.2, 0) is 4.79 Å². The maximum atomic E-state index is 13.1. The first-order valence-corrected chi connectivity index (χ1v) is 10.7. The molecule has 0 saturated carbocycles. The summed E-state index contributed by atoms with van der Waals surface area (Å²) < 4.78 is 5.26. The number of anilines is 1. The molecule has 2 heterocycles. The van der Waals surface area contributed by atoms with E-state index in [0.29, 0.717) is 16.5 Å². The van der Waals surface area contributed by atoms with Crippen molar-refractivity contribution < 1.29 is 9.53 Å². The van der Waals surface area contributed by atoms with Crippen LogP contribution < -0.4 is 15.2 Å². The van der Waals surface area contributed by atoms with Crippen LogP contribution in [0, 0.1) is 17.2 Å². The summed E-state index contributed by atoms with van der Waals surface area (Å²) in [5, 5.41) is 18.7. The predicted octanol–water partition coefficient (Wildman–Crippen LogP) is 3.92. The second-order valence-electron chi connectivity index (χ2n) is 7.59. The molecule has 0 spiro atoms. The number of amides is 1. The number of ether oxygens (including phenoxy) is 1. The molecule has 8 heteroatoms. The first kappa shape index (κ1) is 21.2. The number of hydrogen-bond acceptors (Lipinski definition) is 6. The van der Waals surface area contributed by atoms with E-state index in [4.69, 9.17) is 16.3 Å². The molecule has 160 valence electrons. The van der Waals surface area contributed by atoms with Gasteiger partial charge in [-0.25, -0.2) is 5.01 Å². The van der Waals surface area contributed by atoms with Crippen molar-refractivity contribution in [2.45, 2.75) is 25.3 Å². The van der Waals surface area contributed by atoms with E-state index < -0.39 is 12.0 Å². The molecule has 1 amide bonds. The van der Waals surface area contributed by atoms with Crippen LogP contribution in [0.1, 0.15) is 30.9 Å². The minimum absolute atomic E-state index is 0.189.